The van der Waals surface area contributed by atoms with E-state index in [-0.39, 0.29) is 24.8 Å². The summed E-state index contributed by atoms with van der Waals surface area (Å²) in [6, 6.07) is 10.7. The Balaban J connectivity index is 1.64. The number of hydrogen-bond acceptors (Lipinski definition) is 4. The Labute approximate surface area is 240 Å². The molecule has 9 nitrogen and oxygen atoms in total. The maximum Gasteiger partial charge on any atom is 0.435 e. The van der Waals surface area contributed by atoms with Gasteiger partial charge in [0.2, 0.25) is 5.91 Å². The monoisotopic (exact) mass is 583 g/mol. The number of aromatic nitrogens is 3. The molecule has 1 atom stereocenters. The van der Waals surface area contributed by atoms with Gasteiger partial charge in [-0.25, -0.2) is 0 Å². The average Bonchev–Trinajstić information content (AvgIpc) is 3.47. The zero-order valence-electron chi connectivity index (χ0n) is 23.7. The largest absolute Gasteiger partial charge is 0.481 e. The molecule has 2 aromatic heterocycles. The molecule has 12 heteroatoms. The summed E-state index contributed by atoms with van der Waals surface area (Å²) in [7, 11) is 1.54. The van der Waals surface area contributed by atoms with Crippen molar-refractivity contribution in [1.29, 1.82) is 0 Å². The first-order valence-electron chi connectivity index (χ1n) is 13.4. The average molecular weight is 584 g/mol. The molecule has 0 aliphatic rings. The minimum atomic E-state index is -4.57. The number of carbonyl (C=O) groups is 3. The second-order valence-electron chi connectivity index (χ2n) is 10.3. The summed E-state index contributed by atoms with van der Waals surface area (Å²) in [5, 5.41) is 19.2. The van der Waals surface area contributed by atoms with E-state index in [4.69, 9.17) is 5.11 Å². The number of anilines is 1. The second-order valence-corrected chi connectivity index (χ2v) is 10.3. The zero-order valence-corrected chi connectivity index (χ0v) is 23.7. The van der Waals surface area contributed by atoms with Gasteiger partial charge in [0.25, 0.3) is 5.91 Å². The van der Waals surface area contributed by atoms with E-state index in [1.807, 2.05) is 19.2 Å². The zero-order chi connectivity index (χ0) is 30.8. The number of hydrogen-bond donors (Lipinski definition) is 3. The van der Waals surface area contributed by atoms with E-state index in [1.165, 1.54) is 18.7 Å². The smallest absolute Gasteiger partial charge is 0.435 e. The predicted molar refractivity (Wildman–Crippen MR) is 151 cm³/mol. The Kier molecular flexibility index (Phi) is 8.74. The van der Waals surface area contributed by atoms with Crippen LogP contribution < -0.4 is 10.6 Å². The van der Waals surface area contributed by atoms with Gasteiger partial charge in [-0.1, -0.05) is 18.2 Å². The summed E-state index contributed by atoms with van der Waals surface area (Å²) in [5.74, 6) is -1.55. The van der Waals surface area contributed by atoms with Crippen LogP contribution in [0.25, 0.3) is 10.9 Å². The lowest BCUT2D eigenvalue weighted by Crippen LogP contribution is -2.24. The van der Waals surface area contributed by atoms with Gasteiger partial charge in [-0.2, -0.15) is 18.3 Å². The molecule has 0 saturated heterocycles. The lowest BCUT2D eigenvalue weighted by Gasteiger charge is -2.18. The van der Waals surface area contributed by atoms with Crippen molar-refractivity contribution in [2.75, 3.05) is 12.4 Å². The Bertz CT molecular complexity index is 1650. The minimum Gasteiger partial charge on any atom is -0.481 e. The molecule has 2 amide bonds. The molecule has 0 aliphatic carbocycles. The minimum absolute atomic E-state index is 0.0411. The van der Waals surface area contributed by atoms with Crippen LogP contribution in [-0.2, 0) is 28.7 Å². The van der Waals surface area contributed by atoms with E-state index in [9.17, 15) is 27.6 Å². The molecule has 0 spiro atoms. The molecular weight excluding hydrogens is 551 g/mol. The standard InChI is InChI=1S/C30H32F3N5O4/c1-17-15-37(25-14-22(29(42)34-4)10-11-23(17)25)19(3)28(41)35-24-13-20(8-9-21(24)6-5-7-27(39)40)16-38-18(2)12-26(36-38)30(31,32)33/h8-15,19H,5-7,16H2,1-4H3,(H,34,42)(H,35,41)(H,39,40). The highest BCUT2D eigenvalue weighted by molar-refractivity contribution is 6.00. The number of nitrogens with zero attached hydrogens (tertiary/aromatic N) is 3. The maximum atomic E-state index is 13.6. The third-order valence-corrected chi connectivity index (χ3v) is 7.19. The van der Waals surface area contributed by atoms with E-state index in [0.717, 1.165) is 17.0 Å². The van der Waals surface area contributed by atoms with Crippen molar-refractivity contribution in [3.8, 4) is 0 Å². The first-order chi connectivity index (χ1) is 19.8. The number of carboxylic acids is 1. The molecule has 0 radical (unpaired) electrons. The van der Waals surface area contributed by atoms with Crippen LogP contribution in [0.2, 0.25) is 0 Å². The molecule has 2 heterocycles. The van der Waals surface area contributed by atoms with Crippen molar-refractivity contribution < 1.29 is 32.7 Å². The van der Waals surface area contributed by atoms with Gasteiger partial charge in [-0.3, -0.25) is 19.1 Å². The summed E-state index contributed by atoms with van der Waals surface area (Å²) in [4.78, 5) is 36.9. The second kappa shape index (κ2) is 12.1. The molecule has 1 unspecified atom stereocenters. The summed E-state index contributed by atoms with van der Waals surface area (Å²) in [6.45, 7) is 5.21. The topological polar surface area (TPSA) is 118 Å². The molecular formula is C30H32F3N5O4. The van der Waals surface area contributed by atoms with Crippen LogP contribution in [0.3, 0.4) is 0 Å². The van der Waals surface area contributed by atoms with Crippen LogP contribution in [0.15, 0.2) is 48.7 Å². The Hall–Kier alpha value is -4.61. The highest BCUT2D eigenvalue weighted by Gasteiger charge is 2.34. The number of aliphatic carboxylic acids is 1. The molecule has 0 bridgehead atoms. The van der Waals surface area contributed by atoms with Gasteiger partial charge in [-0.05, 0) is 74.6 Å². The van der Waals surface area contributed by atoms with Crippen LogP contribution in [0, 0.1) is 13.8 Å². The third kappa shape index (κ3) is 6.64. The van der Waals surface area contributed by atoms with Crippen LogP contribution in [0.5, 0.6) is 0 Å². The lowest BCUT2D eigenvalue weighted by molar-refractivity contribution is -0.141. The number of alkyl halides is 3. The molecule has 4 rings (SSSR count). The highest BCUT2D eigenvalue weighted by Crippen LogP contribution is 2.30. The number of halogens is 3. The van der Waals surface area contributed by atoms with E-state index < -0.39 is 23.9 Å². The Morgan fingerprint density at radius 2 is 1.81 bits per heavy atom. The molecule has 222 valence electrons. The van der Waals surface area contributed by atoms with Gasteiger partial charge < -0.3 is 20.3 Å². The summed E-state index contributed by atoms with van der Waals surface area (Å²) in [6.07, 6.45) is -2.08. The van der Waals surface area contributed by atoms with Crippen molar-refractivity contribution in [2.24, 2.45) is 0 Å². The number of nitrogens with one attached hydrogen (secondary N) is 2. The van der Waals surface area contributed by atoms with Crippen LogP contribution in [-0.4, -0.2) is 44.3 Å². The molecule has 3 N–H and O–H groups in total. The van der Waals surface area contributed by atoms with Crippen LogP contribution >= 0.6 is 0 Å². The molecule has 0 saturated carbocycles. The molecule has 4 aromatic rings. The van der Waals surface area contributed by atoms with Crippen LogP contribution in [0.4, 0.5) is 18.9 Å². The van der Waals surface area contributed by atoms with E-state index in [2.05, 4.69) is 15.7 Å². The Morgan fingerprint density at radius 3 is 2.45 bits per heavy atom. The fourth-order valence-corrected chi connectivity index (χ4v) is 4.86. The van der Waals surface area contributed by atoms with Gasteiger partial charge >= 0.3 is 12.1 Å². The summed E-state index contributed by atoms with van der Waals surface area (Å²) < 4.78 is 42.5. The molecule has 2 aromatic carbocycles. The fourth-order valence-electron chi connectivity index (χ4n) is 4.86. The van der Waals surface area contributed by atoms with Crippen molar-refractivity contribution >= 4 is 34.4 Å². The number of aryl methyl sites for hydroxylation is 3. The van der Waals surface area contributed by atoms with Gasteiger partial charge in [0.15, 0.2) is 5.69 Å². The fraction of sp³-hybridized carbons (Fsp3) is 0.333. The van der Waals surface area contributed by atoms with Gasteiger partial charge in [-0.15, -0.1) is 0 Å². The highest BCUT2D eigenvalue weighted by atomic mass is 19.4. The lowest BCUT2D eigenvalue weighted by atomic mass is 10.0. The number of fused-ring (bicyclic) bond motifs is 1. The van der Waals surface area contributed by atoms with Gasteiger partial charge in [0.1, 0.15) is 6.04 Å². The summed E-state index contributed by atoms with van der Waals surface area (Å²) >= 11 is 0. The predicted octanol–water partition coefficient (Wildman–Crippen LogP) is 5.49. The molecule has 0 aliphatic heterocycles. The number of benzene rings is 2. The SMILES string of the molecule is CNC(=O)c1ccc2c(C)cn(C(C)C(=O)Nc3cc(Cn4nc(C(F)(F)F)cc4C)ccc3CCCC(=O)O)c2c1. The summed E-state index contributed by atoms with van der Waals surface area (Å²) in [5.41, 5.74) is 3.18. The number of amides is 2. The normalized spacial score (nSPS) is 12.4. The first kappa shape index (κ1) is 30.4. The molecule has 42 heavy (non-hydrogen) atoms. The maximum absolute atomic E-state index is 13.6. The molecule has 0 fully saturated rings. The van der Waals surface area contributed by atoms with E-state index >= 15 is 0 Å². The van der Waals surface area contributed by atoms with Crippen molar-refractivity contribution in [3.05, 3.63) is 82.3 Å². The number of rotatable bonds is 10. The van der Waals surface area contributed by atoms with Crippen molar-refractivity contribution in [1.82, 2.24) is 19.7 Å². The number of carboxylic acid groups (broad SMARTS) is 1. The van der Waals surface area contributed by atoms with Crippen molar-refractivity contribution in [3.63, 3.8) is 0 Å². The Morgan fingerprint density at radius 1 is 1.07 bits per heavy atom. The van der Waals surface area contributed by atoms with E-state index in [1.54, 1.807) is 41.8 Å². The van der Waals surface area contributed by atoms with Gasteiger partial charge in [0.05, 0.1) is 6.54 Å². The van der Waals surface area contributed by atoms with Crippen LogP contribution in [0.1, 0.15) is 64.2 Å². The quantitative estimate of drug-likeness (QED) is 0.228. The van der Waals surface area contributed by atoms with E-state index in [0.29, 0.717) is 46.4 Å². The number of carbonyl (C=O) groups excluding carboxylic acids is 2. The third-order valence-electron chi connectivity index (χ3n) is 7.19. The first-order valence-corrected chi connectivity index (χ1v) is 13.4. The van der Waals surface area contributed by atoms with Gasteiger partial charge in [0, 0.05) is 47.5 Å². The van der Waals surface area contributed by atoms with Crippen molar-refractivity contribution in [2.45, 2.75) is 58.8 Å².